The molecule has 0 saturated carbocycles. The Kier molecular flexibility index (Phi) is 5.34. The number of aromatic nitrogens is 6. The van der Waals surface area contributed by atoms with Gasteiger partial charge in [-0.25, -0.2) is 23.7 Å². The Morgan fingerprint density at radius 2 is 1.72 bits per heavy atom. The largest absolute Gasteiger partial charge is 0.338 e. The van der Waals surface area contributed by atoms with Crippen molar-refractivity contribution < 1.29 is 4.39 Å². The Morgan fingerprint density at radius 1 is 1.00 bits per heavy atom. The fourth-order valence-electron chi connectivity index (χ4n) is 3.45. The zero-order valence-electron chi connectivity index (χ0n) is 16.5. The zero-order chi connectivity index (χ0) is 20.4. The average molecular weight is 398 g/mol. The van der Waals surface area contributed by atoms with Gasteiger partial charge in [-0.05, 0) is 26.0 Å². The van der Waals surface area contributed by atoms with Crippen molar-refractivity contribution >= 4 is 5.95 Å². The molecule has 0 atom stereocenters. The standard InChI is InChI=1S/C19H23FN8O/c1-14-11-15(2)28(23-14)17-3-4-18(29)27(24-17)10-7-25-5-8-26(9-6-25)19-21-12-16(20)13-22-19/h3-4,11-13H,5-10H2,1-2H3. The van der Waals surface area contributed by atoms with Crippen LogP contribution in [-0.2, 0) is 6.54 Å². The Bertz CT molecular complexity index is 1040. The molecule has 152 valence electrons. The van der Waals surface area contributed by atoms with Gasteiger partial charge in [-0.1, -0.05) is 0 Å². The first-order chi connectivity index (χ1) is 14.0. The molecule has 29 heavy (non-hydrogen) atoms. The van der Waals surface area contributed by atoms with E-state index in [0.717, 1.165) is 37.6 Å². The normalized spacial score (nSPS) is 15.1. The number of anilines is 1. The summed E-state index contributed by atoms with van der Waals surface area (Å²) < 4.78 is 16.2. The molecule has 0 bridgehead atoms. The van der Waals surface area contributed by atoms with E-state index in [-0.39, 0.29) is 5.56 Å². The number of nitrogens with zero attached hydrogens (tertiary/aromatic N) is 8. The molecule has 0 N–H and O–H groups in total. The topological polar surface area (TPSA) is 85.0 Å². The van der Waals surface area contributed by atoms with Crippen molar-refractivity contribution in [2.75, 3.05) is 37.6 Å². The minimum absolute atomic E-state index is 0.131. The predicted octanol–water partition coefficient (Wildman–Crippen LogP) is 0.797. The van der Waals surface area contributed by atoms with E-state index in [2.05, 4.69) is 25.1 Å². The summed E-state index contributed by atoms with van der Waals surface area (Å²) in [5.74, 6) is 0.739. The van der Waals surface area contributed by atoms with Gasteiger partial charge < -0.3 is 4.90 Å². The summed E-state index contributed by atoms with van der Waals surface area (Å²) in [6.07, 6.45) is 2.37. The second-order valence-corrected chi connectivity index (χ2v) is 7.12. The van der Waals surface area contributed by atoms with Crippen LogP contribution < -0.4 is 10.5 Å². The third kappa shape index (κ3) is 4.32. The highest BCUT2D eigenvalue weighted by molar-refractivity contribution is 5.29. The Labute approximate surface area is 167 Å². The van der Waals surface area contributed by atoms with Crippen molar-refractivity contribution in [1.82, 2.24) is 34.4 Å². The number of hydrogen-bond acceptors (Lipinski definition) is 7. The Hall–Kier alpha value is -3.14. The van der Waals surface area contributed by atoms with Gasteiger partial charge >= 0.3 is 0 Å². The van der Waals surface area contributed by atoms with Gasteiger partial charge in [0.15, 0.2) is 11.6 Å². The SMILES string of the molecule is Cc1cc(C)n(-c2ccc(=O)n(CCN3CCN(c4ncc(F)cn4)CC3)n2)n1. The van der Waals surface area contributed by atoms with Crippen molar-refractivity contribution in [3.63, 3.8) is 0 Å². The van der Waals surface area contributed by atoms with E-state index >= 15 is 0 Å². The monoisotopic (exact) mass is 398 g/mol. The second-order valence-electron chi connectivity index (χ2n) is 7.12. The highest BCUT2D eigenvalue weighted by Crippen LogP contribution is 2.11. The number of aryl methyl sites for hydroxylation is 2. The summed E-state index contributed by atoms with van der Waals surface area (Å²) in [4.78, 5) is 24.6. The quantitative estimate of drug-likeness (QED) is 0.628. The third-order valence-corrected chi connectivity index (χ3v) is 4.97. The maximum Gasteiger partial charge on any atom is 0.266 e. The van der Waals surface area contributed by atoms with Crippen LogP contribution in [0.15, 0.2) is 35.4 Å². The molecule has 9 nitrogen and oxygen atoms in total. The molecule has 0 aromatic carbocycles. The molecule has 1 fully saturated rings. The van der Waals surface area contributed by atoms with Gasteiger partial charge in [0.05, 0.1) is 24.6 Å². The highest BCUT2D eigenvalue weighted by atomic mass is 19.1. The van der Waals surface area contributed by atoms with Crippen LogP contribution in [0.4, 0.5) is 10.3 Å². The van der Waals surface area contributed by atoms with Crippen LogP contribution in [0, 0.1) is 19.7 Å². The van der Waals surface area contributed by atoms with Crippen molar-refractivity contribution in [3.05, 3.63) is 58.2 Å². The van der Waals surface area contributed by atoms with Gasteiger partial charge in [0, 0.05) is 44.5 Å². The van der Waals surface area contributed by atoms with Crippen LogP contribution in [0.2, 0.25) is 0 Å². The van der Waals surface area contributed by atoms with Crippen LogP contribution in [0.1, 0.15) is 11.4 Å². The van der Waals surface area contributed by atoms with E-state index in [0.29, 0.717) is 24.9 Å². The lowest BCUT2D eigenvalue weighted by molar-refractivity contribution is 0.241. The zero-order valence-corrected chi connectivity index (χ0v) is 16.5. The van der Waals surface area contributed by atoms with Gasteiger partial charge in [0.1, 0.15) is 0 Å². The molecule has 1 aliphatic heterocycles. The first-order valence-electron chi connectivity index (χ1n) is 9.56. The van der Waals surface area contributed by atoms with Crippen molar-refractivity contribution in [2.24, 2.45) is 0 Å². The van der Waals surface area contributed by atoms with Crippen LogP contribution in [0.3, 0.4) is 0 Å². The molecule has 1 saturated heterocycles. The molecule has 0 amide bonds. The molecule has 0 spiro atoms. The molecule has 3 aromatic heterocycles. The molecule has 0 unspecified atom stereocenters. The molecule has 10 heteroatoms. The Balaban J connectivity index is 1.37. The van der Waals surface area contributed by atoms with Crippen molar-refractivity contribution in [1.29, 1.82) is 0 Å². The fourth-order valence-corrected chi connectivity index (χ4v) is 3.45. The second kappa shape index (κ2) is 8.08. The number of hydrogen-bond donors (Lipinski definition) is 0. The molecule has 4 heterocycles. The van der Waals surface area contributed by atoms with Crippen LogP contribution in [-0.4, -0.2) is 67.2 Å². The summed E-state index contributed by atoms with van der Waals surface area (Å²) in [6, 6.07) is 5.20. The van der Waals surface area contributed by atoms with Crippen LogP contribution >= 0.6 is 0 Å². The lowest BCUT2D eigenvalue weighted by Crippen LogP contribution is -2.48. The third-order valence-electron chi connectivity index (χ3n) is 4.97. The van der Waals surface area contributed by atoms with E-state index in [9.17, 15) is 9.18 Å². The molecule has 4 rings (SSSR count). The molecular formula is C19H23FN8O. The van der Waals surface area contributed by atoms with Crippen molar-refractivity contribution in [2.45, 2.75) is 20.4 Å². The van der Waals surface area contributed by atoms with Crippen molar-refractivity contribution in [3.8, 4) is 5.82 Å². The summed E-state index contributed by atoms with van der Waals surface area (Å²) in [5, 5.41) is 8.92. The summed E-state index contributed by atoms with van der Waals surface area (Å²) in [5.41, 5.74) is 1.75. The van der Waals surface area contributed by atoms with E-state index in [1.54, 1.807) is 10.7 Å². The van der Waals surface area contributed by atoms with E-state index in [1.807, 2.05) is 24.8 Å². The summed E-state index contributed by atoms with van der Waals surface area (Å²) in [6.45, 7) is 8.22. The van der Waals surface area contributed by atoms with Crippen LogP contribution in [0.5, 0.6) is 0 Å². The molecule has 0 aliphatic carbocycles. The number of halogens is 1. The van der Waals surface area contributed by atoms with Gasteiger partial charge in [-0.2, -0.15) is 5.10 Å². The maximum absolute atomic E-state index is 13.0. The maximum atomic E-state index is 13.0. The number of piperazine rings is 1. The fraction of sp³-hybridized carbons (Fsp3) is 0.421. The average Bonchev–Trinajstić information content (AvgIpc) is 3.06. The minimum Gasteiger partial charge on any atom is -0.338 e. The van der Waals surface area contributed by atoms with E-state index in [1.165, 1.54) is 23.1 Å². The molecular weight excluding hydrogens is 375 g/mol. The summed E-state index contributed by atoms with van der Waals surface area (Å²) in [7, 11) is 0. The molecule has 0 radical (unpaired) electrons. The molecule has 3 aromatic rings. The van der Waals surface area contributed by atoms with Gasteiger partial charge in [0.2, 0.25) is 5.95 Å². The van der Waals surface area contributed by atoms with Crippen LogP contribution in [0.25, 0.3) is 5.82 Å². The van der Waals surface area contributed by atoms with Gasteiger partial charge in [-0.15, -0.1) is 5.10 Å². The molecule has 1 aliphatic rings. The van der Waals surface area contributed by atoms with Gasteiger partial charge in [-0.3, -0.25) is 9.69 Å². The minimum atomic E-state index is -0.437. The van der Waals surface area contributed by atoms with Gasteiger partial charge in [0.25, 0.3) is 5.56 Å². The lowest BCUT2D eigenvalue weighted by Gasteiger charge is -2.34. The first-order valence-corrected chi connectivity index (χ1v) is 9.56. The van der Waals surface area contributed by atoms with E-state index < -0.39 is 5.82 Å². The first kappa shape index (κ1) is 19.2. The summed E-state index contributed by atoms with van der Waals surface area (Å²) >= 11 is 0. The smallest absolute Gasteiger partial charge is 0.266 e. The predicted molar refractivity (Wildman–Crippen MR) is 106 cm³/mol. The number of rotatable bonds is 5. The van der Waals surface area contributed by atoms with E-state index in [4.69, 9.17) is 0 Å². The highest BCUT2D eigenvalue weighted by Gasteiger charge is 2.19. The Morgan fingerprint density at radius 3 is 2.38 bits per heavy atom. The lowest BCUT2D eigenvalue weighted by atomic mass is 10.3.